The summed E-state index contributed by atoms with van der Waals surface area (Å²) < 4.78 is 0. The number of benzene rings is 2. The topological polar surface area (TPSA) is 75.0 Å². The van der Waals surface area contributed by atoms with Crippen molar-refractivity contribution >= 4 is 41.8 Å². The first-order valence-electron chi connectivity index (χ1n) is 9.62. The van der Waals surface area contributed by atoms with Gasteiger partial charge in [0, 0.05) is 31.8 Å². The molecule has 0 bridgehead atoms. The van der Waals surface area contributed by atoms with E-state index in [1.54, 1.807) is 0 Å². The molecule has 0 unspecified atom stereocenters. The summed E-state index contributed by atoms with van der Waals surface area (Å²) in [6.07, 6.45) is 1.10. The third-order valence-corrected chi connectivity index (χ3v) is 5.66. The van der Waals surface area contributed by atoms with E-state index in [0.29, 0.717) is 31.2 Å². The molecule has 4 rings (SSSR count). The summed E-state index contributed by atoms with van der Waals surface area (Å²) in [5.74, 6) is 1.71. The lowest BCUT2D eigenvalue weighted by atomic mass is 9.89. The van der Waals surface area contributed by atoms with E-state index in [1.165, 1.54) is 5.56 Å². The fourth-order valence-corrected chi connectivity index (χ4v) is 4.12. The first-order valence-corrected chi connectivity index (χ1v) is 9.62. The summed E-state index contributed by atoms with van der Waals surface area (Å²) in [7, 11) is 0. The summed E-state index contributed by atoms with van der Waals surface area (Å²) in [5.41, 5.74) is 10.4. The lowest BCUT2D eigenvalue weighted by Gasteiger charge is -2.16. The number of aryl methyl sites for hydroxylation is 2. The maximum atomic E-state index is 12.8. The number of H-pyrrole nitrogens is 1. The van der Waals surface area contributed by atoms with Crippen LogP contribution in [0.2, 0.25) is 0 Å². The zero-order chi connectivity index (χ0) is 18.8. The van der Waals surface area contributed by atoms with Crippen molar-refractivity contribution in [2.75, 3.05) is 19.6 Å². The number of imidazole rings is 1. The molecule has 5 nitrogen and oxygen atoms in total. The van der Waals surface area contributed by atoms with Crippen LogP contribution in [0, 0.1) is 12.8 Å². The minimum atomic E-state index is 0. The SMILES string of the molecule is Cc1cccc2[nH]c(CCC(=O)N3C[C@@H](CN)[C@H](c4ccccc4)C3)nc12.Cl.Cl. The van der Waals surface area contributed by atoms with E-state index in [4.69, 9.17) is 5.73 Å². The molecule has 7 heteroatoms. The van der Waals surface area contributed by atoms with E-state index in [0.717, 1.165) is 35.5 Å². The number of hydrogen-bond acceptors (Lipinski definition) is 3. The average molecular weight is 435 g/mol. The van der Waals surface area contributed by atoms with Crippen LogP contribution in [0.4, 0.5) is 0 Å². The molecule has 2 aromatic carbocycles. The number of carbonyl (C=O) groups excluding carboxylic acids is 1. The van der Waals surface area contributed by atoms with Crippen molar-refractivity contribution in [3.8, 4) is 0 Å². The maximum Gasteiger partial charge on any atom is 0.223 e. The molecular formula is C22H28Cl2N4O. The van der Waals surface area contributed by atoms with E-state index in [-0.39, 0.29) is 30.7 Å². The second-order valence-electron chi connectivity index (χ2n) is 7.47. The van der Waals surface area contributed by atoms with Gasteiger partial charge in [0.1, 0.15) is 5.82 Å². The van der Waals surface area contributed by atoms with Crippen molar-refractivity contribution in [2.24, 2.45) is 11.7 Å². The van der Waals surface area contributed by atoms with Crippen molar-refractivity contribution in [3.63, 3.8) is 0 Å². The number of hydrogen-bond donors (Lipinski definition) is 2. The highest BCUT2D eigenvalue weighted by atomic mass is 35.5. The zero-order valence-electron chi connectivity index (χ0n) is 16.5. The first-order chi connectivity index (χ1) is 13.2. The number of rotatable bonds is 5. The lowest BCUT2D eigenvalue weighted by molar-refractivity contribution is -0.130. The number of aromatic nitrogens is 2. The fraction of sp³-hybridized carbons (Fsp3) is 0.364. The van der Waals surface area contributed by atoms with Crippen LogP contribution in [0.25, 0.3) is 11.0 Å². The van der Waals surface area contributed by atoms with E-state index in [1.807, 2.05) is 23.1 Å². The predicted octanol–water partition coefficient (Wildman–Crippen LogP) is 3.85. The van der Waals surface area contributed by atoms with Gasteiger partial charge in [-0.3, -0.25) is 4.79 Å². The molecule has 1 saturated heterocycles. The smallest absolute Gasteiger partial charge is 0.223 e. The van der Waals surface area contributed by atoms with E-state index in [9.17, 15) is 4.79 Å². The molecule has 0 radical (unpaired) electrons. The Kier molecular flexibility index (Phi) is 8.08. The summed E-state index contributed by atoms with van der Waals surface area (Å²) in [6, 6.07) is 16.5. The number of halogens is 2. The first kappa shape index (κ1) is 23.2. The third-order valence-electron chi connectivity index (χ3n) is 5.66. The Bertz CT molecular complexity index is 944. The van der Waals surface area contributed by atoms with Gasteiger partial charge >= 0.3 is 0 Å². The van der Waals surface area contributed by atoms with Gasteiger partial charge in [0.25, 0.3) is 0 Å². The molecule has 1 fully saturated rings. The second-order valence-corrected chi connectivity index (χ2v) is 7.47. The monoisotopic (exact) mass is 434 g/mol. The number of nitrogens with two attached hydrogens (primary N) is 1. The van der Waals surface area contributed by atoms with Gasteiger partial charge in [-0.25, -0.2) is 4.98 Å². The molecule has 1 aliphatic heterocycles. The number of nitrogens with one attached hydrogen (secondary N) is 1. The number of nitrogens with zero attached hydrogens (tertiary/aromatic N) is 2. The largest absolute Gasteiger partial charge is 0.342 e. The quantitative estimate of drug-likeness (QED) is 0.639. The van der Waals surface area contributed by atoms with Gasteiger partial charge in [-0.1, -0.05) is 42.5 Å². The molecule has 3 N–H and O–H groups in total. The fourth-order valence-electron chi connectivity index (χ4n) is 4.12. The highest BCUT2D eigenvalue weighted by Gasteiger charge is 2.34. The van der Waals surface area contributed by atoms with Gasteiger partial charge in [0.2, 0.25) is 5.91 Å². The summed E-state index contributed by atoms with van der Waals surface area (Å²) in [5, 5.41) is 0. The Balaban J connectivity index is 0.00000150. The van der Waals surface area contributed by atoms with E-state index in [2.05, 4.69) is 47.2 Å². The highest BCUT2D eigenvalue weighted by Crippen LogP contribution is 2.32. The number of likely N-dealkylation sites (tertiary alicyclic amines) is 1. The Morgan fingerprint density at radius 1 is 1.14 bits per heavy atom. The molecule has 0 aliphatic carbocycles. The minimum Gasteiger partial charge on any atom is -0.342 e. The van der Waals surface area contributed by atoms with Crippen LogP contribution < -0.4 is 5.73 Å². The molecule has 1 amide bonds. The van der Waals surface area contributed by atoms with Crippen molar-refractivity contribution in [2.45, 2.75) is 25.7 Å². The predicted molar refractivity (Wildman–Crippen MR) is 122 cm³/mol. The minimum absolute atomic E-state index is 0. The number of aromatic amines is 1. The van der Waals surface area contributed by atoms with Crippen molar-refractivity contribution < 1.29 is 4.79 Å². The highest BCUT2D eigenvalue weighted by molar-refractivity contribution is 5.85. The number of fused-ring (bicyclic) bond motifs is 1. The Morgan fingerprint density at radius 2 is 1.90 bits per heavy atom. The molecule has 156 valence electrons. The van der Waals surface area contributed by atoms with Crippen LogP contribution in [-0.2, 0) is 11.2 Å². The third kappa shape index (κ3) is 4.92. The molecule has 0 saturated carbocycles. The molecule has 1 aliphatic rings. The summed E-state index contributed by atoms with van der Waals surface area (Å²) >= 11 is 0. The van der Waals surface area contributed by atoms with E-state index < -0.39 is 0 Å². The van der Waals surface area contributed by atoms with Gasteiger partial charge in [-0.2, -0.15) is 0 Å². The van der Waals surface area contributed by atoms with Gasteiger partial charge in [-0.05, 0) is 36.6 Å². The lowest BCUT2D eigenvalue weighted by Crippen LogP contribution is -2.30. The number of carbonyl (C=O) groups is 1. The molecular weight excluding hydrogens is 407 g/mol. The Hall–Kier alpha value is -2.08. The maximum absolute atomic E-state index is 12.8. The van der Waals surface area contributed by atoms with Gasteiger partial charge < -0.3 is 15.6 Å². The molecule has 29 heavy (non-hydrogen) atoms. The van der Waals surface area contributed by atoms with E-state index >= 15 is 0 Å². The average Bonchev–Trinajstić information content (AvgIpc) is 3.31. The Morgan fingerprint density at radius 3 is 2.59 bits per heavy atom. The van der Waals surface area contributed by atoms with Crippen LogP contribution in [0.3, 0.4) is 0 Å². The van der Waals surface area contributed by atoms with Crippen molar-refractivity contribution in [1.82, 2.24) is 14.9 Å². The standard InChI is InChI=1S/C22H26N4O.2ClH/c1-15-6-5-9-19-22(15)25-20(24-19)10-11-21(27)26-13-17(12-23)18(14-26)16-7-3-2-4-8-16;;/h2-9,17-18H,10-14,23H2,1H3,(H,24,25);2*1H/t17-,18+;;/m1../s1. The summed E-state index contributed by atoms with van der Waals surface area (Å²) in [4.78, 5) is 22.8. The normalized spacial score (nSPS) is 18.3. The van der Waals surface area contributed by atoms with Crippen LogP contribution in [-0.4, -0.2) is 40.4 Å². The number of amides is 1. The summed E-state index contributed by atoms with van der Waals surface area (Å²) in [6.45, 7) is 4.16. The molecule has 2 heterocycles. The van der Waals surface area contributed by atoms with Gasteiger partial charge in [0.05, 0.1) is 11.0 Å². The van der Waals surface area contributed by atoms with Gasteiger partial charge in [0.15, 0.2) is 0 Å². The molecule has 3 aromatic rings. The molecule has 2 atom stereocenters. The van der Waals surface area contributed by atoms with Crippen LogP contribution in [0.5, 0.6) is 0 Å². The number of para-hydroxylation sites is 1. The second kappa shape index (κ2) is 10.1. The van der Waals surface area contributed by atoms with Crippen molar-refractivity contribution in [1.29, 1.82) is 0 Å². The van der Waals surface area contributed by atoms with Crippen LogP contribution in [0.1, 0.15) is 29.3 Å². The Labute approximate surface area is 183 Å². The zero-order valence-corrected chi connectivity index (χ0v) is 18.1. The molecule has 1 aromatic heterocycles. The van der Waals surface area contributed by atoms with Crippen molar-refractivity contribution in [3.05, 3.63) is 65.5 Å². The van der Waals surface area contributed by atoms with Crippen LogP contribution >= 0.6 is 24.8 Å². The van der Waals surface area contributed by atoms with Crippen LogP contribution in [0.15, 0.2) is 48.5 Å². The molecule has 0 spiro atoms. The van der Waals surface area contributed by atoms with Gasteiger partial charge in [-0.15, -0.1) is 24.8 Å².